The molecule has 0 unspecified atom stereocenters. The van der Waals surface area contributed by atoms with Crippen LogP contribution in [0.1, 0.15) is 48.0 Å². The number of hydrogen-bond donors (Lipinski definition) is 1. The summed E-state index contributed by atoms with van der Waals surface area (Å²) in [5.74, 6) is 1.59. The third-order valence-electron chi connectivity index (χ3n) is 5.86. The molecular weight excluding hydrogens is 463 g/mol. The van der Waals surface area contributed by atoms with Crippen LogP contribution in [0.15, 0.2) is 42.6 Å². The average molecular weight is 490 g/mol. The Bertz CT molecular complexity index is 1150. The van der Waals surface area contributed by atoms with E-state index in [1.165, 1.54) is 12.3 Å². The number of fused-ring (bicyclic) bond motifs is 1. The van der Waals surface area contributed by atoms with Crippen molar-refractivity contribution in [3.05, 3.63) is 75.8 Å². The van der Waals surface area contributed by atoms with E-state index in [4.69, 9.17) is 21.6 Å². The van der Waals surface area contributed by atoms with E-state index in [2.05, 4.69) is 10.3 Å². The minimum Gasteiger partial charge on any atom is -0.369 e. The summed E-state index contributed by atoms with van der Waals surface area (Å²) in [6.07, 6.45) is -1.23. The van der Waals surface area contributed by atoms with Gasteiger partial charge >= 0.3 is 6.18 Å². The van der Waals surface area contributed by atoms with Crippen molar-refractivity contribution >= 4 is 23.2 Å². The molecule has 0 fully saturated rings. The smallest absolute Gasteiger partial charge is 0.369 e. The highest BCUT2D eigenvalue weighted by Gasteiger charge is 2.36. The summed E-state index contributed by atoms with van der Waals surface area (Å²) in [6.45, 7) is 5.53. The van der Waals surface area contributed by atoms with Crippen molar-refractivity contribution in [1.82, 2.24) is 15.0 Å². The van der Waals surface area contributed by atoms with Gasteiger partial charge < -0.3 is 10.2 Å². The van der Waals surface area contributed by atoms with E-state index in [9.17, 15) is 13.2 Å². The highest BCUT2D eigenvalue weighted by Crippen LogP contribution is 2.36. The SMILES string of the molecule is CC(C)c1nc2c(c(NCCc3cccc(Cl)c3)n1)CCN(c1ncccc1C(F)(F)F)CC2. The van der Waals surface area contributed by atoms with Crippen LogP contribution in [-0.2, 0) is 25.4 Å². The number of nitrogens with one attached hydrogen (secondary N) is 1. The minimum atomic E-state index is -4.46. The first-order valence-corrected chi connectivity index (χ1v) is 11.8. The fourth-order valence-electron chi connectivity index (χ4n) is 4.12. The van der Waals surface area contributed by atoms with E-state index in [1.807, 2.05) is 38.1 Å². The zero-order chi connectivity index (χ0) is 24.3. The van der Waals surface area contributed by atoms with E-state index < -0.39 is 11.7 Å². The number of benzene rings is 1. The van der Waals surface area contributed by atoms with Gasteiger partial charge in [-0.25, -0.2) is 15.0 Å². The third-order valence-corrected chi connectivity index (χ3v) is 6.10. The van der Waals surface area contributed by atoms with Crippen LogP contribution in [0.3, 0.4) is 0 Å². The molecule has 1 aliphatic heterocycles. The van der Waals surface area contributed by atoms with Gasteiger partial charge in [0.1, 0.15) is 17.5 Å². The predicted octanol–water partition coefficient (Wildman–Crippen LogP) is 5.93. The number of pyridine rings is 1. The molecule has 3 heterocycles. The van der Waals surface area contributed by atoms with Gasteiger partial charge in [0.05, 0.1) is 11.3 Å². The summed E-state index contributed by atoms with van der Waals surface area (Å²) >= 11 is 6.09. The molecule has 1 aliphatic rings. The Morgan fingerprint density at radius 3 is 2.62 bits per heavy atom. The lowest BCUT2D eigenvalue weighted by Crippen LogP contribution is -2.29. The number of nitrogens with zero attached hydrogens (tertiary/aromatic N) is 4. The van der Waals surface area contributed by atoms with Crippen molar-refractivity contribution in [1.29, 1.82) is 0 Å². The highest BCUT2D eigenvalue weighted by molar-refractivity contribution is 6.30. The maximum Gasteiger partial charge on any atom is 0.419 e. The van der Waals surface area contributed by atoms with Crippen molar-refractivity contribution in [3.63, 3.8) is 0 Å². The van der Waals surface area contributed by atoms with Gasteiger partial charge in [-0.2, -0.15) is 13.2 Å². The van der Waals surface area contributed by atoms with Crippen LogP contribution in [0, 0.1) is 0 Å². The molecule has 0 amide bonds. The second kappa shape index (κ2) is 10.2. The largest absolute Gasteiger partial charge is 0.419 e. The van der Waals surface area contributed by atoms with Crippen LogP contribution in [-0.4, -0.2) is 34.6 Å². The molecule has 0 spiro atoms. The van der Waals surface area contributed by atoms with Gasteiger partial charge in [0, 0.05) is 48.8 Å². The summed E-state index contributed by atoms with van der Waals surface area (Å²) < 4.78 is 40.7. The van der Waals surface area contributed by atoms with Gasteiger partial charge in [-0.1, -0.05) is 37.6 Å². The Morgan fingerprint density at radius 1 is 1.09 bits per heavy atom. The quantitative estimate of drug-likeness (QED) is 0.465. The maximum atomic E-state index is 13.6. The van der Waals surface area contributed by atoms with Gasteiger partial charge in [-0.15, -0.1) is 0 Å². The molecule has 34 heavy (non-hydrogen) atoms. The van der Waals surface area contributed by atoms with Crippen molar-refractivity contribution < 1.29 is 13.2 Å². The van der Waals surface area contributed by atoms with Gasteiger partial charge in [-0.05, 0) is 42.7 Å². The summed E-state index contributed by atoms with van der Waals surface area (Å²) in [7, 11) is 0. The molecule has 0 saturated carbocycles. The molecule has 1 N–H and O–H groups in total. The van der Waals surface area contributed by atoms with Gasteiger partial charge in [-0.3, -0.25) is 0 Å². The third kappa shape index (κ3) is 5.60. The molecule has 5 nitrogen and oxygen atoms in total. The molecule has 4 rings (SSSR count). The molecule has 9 heteroatoms. The first kappa shape index (κ1) is 24.3. The van der Waals surface area contributed by atoms with Crippen LogP contribution in [0.5, 0.6) is 0 Å². The Balaban J connectivity index is 1.57. The van der Waals surface area contributed by atoms with Crippen LogP contribution in [0.2, 0.25) is 5.02 Å². The van der Waals surface area contributed by atoms with E-state index in [0.717, 1.165) is 41.0 Å². The maximum absolute atomic E-state index is 13.6. The number of rotatable bonds is 6. The fraction of sp³-hybridized carbons (Fsp3) is 0.400. The Hall–Kier alpha value is -2.87. The van der Waals surface area contributed by atoms with E-state index >= 15 is 0 Å². The monoisotopic (exact) mass is 489 g/mol. The lowest BCUT2D eigenvalue weighted by molar-refractivity contribution is -0.137. The van der Waals surface area contributed by atoms with E-state index in [-0.39, 0.29) is 11.7 Å². The lowest BCUT2D eigenvalue weighted by atomic mass is 10.1. The van der Waals surface area contributed by atoms with E-state index in [0.29, 0.717) is 37.5 Å². The number of anilines is 2. The summed E-state index contributed by atoms with van der Waals surface area (Å²) in [4.78, 5) is 15.3. The van der Waals surface area contributed by atoms with Gasteiger partial charge in [0.25, 0.3) is 0 Å². The van der Waals surface area contributed by atoms with Gasteiger partial charge in [0.15, 0.2) is 0 Å². The molecular formula is C25H27ClF3N5. The zero-order valence-corrected chi connectivity index (χ0v) is 19.9. The standard InChI is InChI=1S/C25H27ClF3N5/c1-16(2)22-32-21-10-14-34(24-20(25(27,28)29)7-4-11-31-24)13-9-19(21)23(33-22)30-12-8-17-5-3-6-18(26)15-17/h3-7,11,15-16H,8-10,12-14H2,1-2H3,(H,30,32,33). The fourth-order valence-corrected chi connectivity index (χ4v) is 4.34. The first-order chi connectivity index (χ1) is 16.2. The second-order valence-corrected chi connectivity index (χ2v) is 9.11. The van der Waals surface area contributed by atoms with Gasteiger partial charge in [0.2, 0.25) is 0 Å². The normalized spacial score (nSPS) is 14.1. The molecule has 0 aliphatic carbocycles. The highest BCUT2D eigenvalue weighted by atomic mass is 35.5. The average Bonchev–Trinajstić information content (AvgIpc) is 3.01. The molecule has 0 radical (unpaired) electrons. The molecule has 1 aromatic carbocycles. The van der Waals surface area contributed by atoms with Crippen LogP contribution >= 0.6 is 11.6 Å². The van der Waals surface area contributed by atoms with Crippen molar-refractivity contribution in [2.45, 2.75) is 45.2 Å². The zero-order valence-electron chi connectivity index (χ0n) is 19.2. The second-order valence-electron chi connectivity index (χ2n) is 8.68. The molecule has 2 aromatic heterocycles. The Kier molecular flexibility index (Phi) is 7.26. The number of aromatic nitrogens is 3. The number of halogens is 4. The number of hydrogen-bond acceptors (Lipinski definition) is 5. The molecule has 0 atom stereocenters. The van der Waals surface area contributed by atoms with Crippen LogP contribution in [0.4, 0.5) is 24.8 Å². The molecule has 0 saturated heterocycles. The molecule has 3 aromatic rings. The molecule has 180 valence electrons. The summed E-state index contributed by atoms with van der Waals surface area (Å²) in [5, 5.41) is 4.14. The minimum absolute atomic E-state index is 0.0321. The Labute approximate surface area is 202 Å². The van der Waals surface area contributed by atoms with Crippen molar-refractivity contribution in [2.24, 2.45) is 0 Å². The molecule has 0 bridgehead atoms. The van der Waals surface area contributed by atoms with E-state index in [1.54, 1.807) is 4.90 Å². The van der Waals surface area contributed by atoms with Crippen LogP contribution in [0.25, 0.3) is 0 Å². The lowest BCUT2D eigenvalue weighted by Gasteiger charge is -2.24. The van der Waals surface area contributed by atoms with Crippen LogP contribution < -0.4 is 10.2 Å². The Morgan fingerprint density at radius 2 is 1.88 bits per heavy atom. The van der Waals surface area contributed by atoms with Crippen molar-refractivity contribution in [3.8, 4) is 0 Å². The number of alkyl halides is 3. The van der Waals surface area contributed by atoms with Crippen molar-refractivity contribution in [2.75, 3.05) is 29.9 Å². The summed E-state index contributed by atoms with van der Waals surface area (Å²) in [5.41, 5.74) is 2.25. The summed E-state index contributed by atoms with van der Waals surface area (Å²) in [6, 6.07) is 10.1. The predicted molar refractivity (Wildman–Crippen MR) is 129 cm³/mol. The topological polar surface area (TPSA) is 53.9 Å². The first-order valence-electron chi connectivity index (χ1n) is 11.4.